The Labute approximate surface area is 251 Å². The van der Waals surface area contributed by atoms with Crippen molar-refractivity contribution in [2.75, 3.05) is 18.6 Å². The number of alkyl halides is 3. The molecule has 0 aromatic heterocycles. The number of hydrogen-bond donors (Lipinski definition) is 1. The van der Waals surface area contributed by atoms with Crippen LogP contribution < -0.4 is 25.9 Å². The molecule has 226 valence electrons. The Hall–Kier alpha value is -2.87. The molecule has 0 spiro atoms. The van der Waals surface area contributed by atoms with Gasteiger partial charge in [-0.25, -0.2) is 8.42 Å². The molecule has 3 atom stereocenters. The predicted octanol–water partition coefficient (Wildman–Crippen LogP) is 3.25. The first-order valence-electron chi connectivity index (χ1n) is 13.1. The Balaban J connectivity index is 1.34. The molecule has 42 heavy (non-hydrogen) atoms. The summed E-state index contributed by atoms with van der Waals surface area (Å²) in [7, 11) is -3.13. The van der Waals surface area contributed by atoms with E-state index in [-0.39, 0.29) is 59.8 Å². The van der Waals surface area contributed by atoms with Crippen LogP contribution in [0.3, 0.4) is 0 Å². The van der Waals surface area contributed by atoms with E-state index in [1.54, 1.807) is 13.0 Å². The SMILES string of the molecule is Cc1cc(OCCCS(C)(=O)=O)ccc1-c1cc(COC2=C[I-]C=C3C(=C2)C[C@H]2[C@H](C(=O)O)[C@@H]32)c(F)cc1C(F)(F)F. The van der Waals surface area contributed by atoms with E-state index >= 15 is 0 Å². The average molecular weight is 720 g/mol. The van der Waals surface area contributed by atoms with E-state index in [1.807, 2.05) is 10.2 Å². The molecule has 0 radical (unpaired) electrons. The Morgan fingerprint density at radius 3 is 2.55 bits per heavy atom. The summed E-state index contributed by atoms with van der Waals surface area (Å²) < 4.78 is 95.0. The van der Waals surface area contributed by atoms with Crippen LogP contribution in [0.5, 0.6) is 5.75 Å². The van der Waals surface area contributed by atoms with E-state index in [2.05, 4.69) is 4.08 Å². The van der Waals surface area contributed by atoms with E-state index in [9.17, 15) is 35.9 Å². The summed E-state index contributed by atoms with van der Waals surface area (Å²) in [4.78, 5) is 11.4. The number of sulfone groups is 1. The van der Waals surface area contributed by atoms with Crippen molar-refractivity contribution in [1.82, 2.24) is 0 Å². The standard InChI is InChI=1S/C30H28F4IO6S/c1-16-8-19(40-6-3-7-42(2,38)39)4-5-21(16)22-11-18(26(31)12-25(22)30(32,33)34)15-41-20-9-17-10-23-27(28(23)29(36)37)24(17)14-35-13-20/h4-5,8-9,11-14,23,27-28H,3,6-7,10,15H2,1-2H3,(H,36,37)/q-1/t23-,27-,28+/m1/s1. The predicted molar refractivity (Wildman–Crippen MR) is 143 cm³/mol. The molecular formula is C30H28F4IO6S-. The van der Waals surface area contributed by atoms with Crippen LogP contribution in [0.1, 0.15) is 29.5 Å². The Bertz CT molecular complexity index is 1630. The zero-order valence-corrected chi connectivity index (χ0v) is 25.6. The number of carbonyl (C=O) groups is 1. The van der Waals surface area contributed by atoms with Crippen molar-refractivity contribution in [1.29, 1.82) is 0 Å². The number of carboxylic acid groups (broad SMARTS) is 1. The van der Waals surface area contributed by atoms with Crippen LogP contribution in [-0.2, 0) is 32.2 Å². The fraction of sp³-hybridized carbons (Fsp3) is 0.367. The summed E-state index contributed by atoms with van der Waals surface area (Å²) in [5.74, 6) is -1.19. The maximum atomic E-state index is 15.0. The van der Waals surface area contributed by atoms with Crippen LogP contribution in [0, 0.1) is 30.5 Å². The Kier molecular flexibility index (Phi) is 8.49. The number of aryl methyl sites for hydroxylation is 1. The molecule has 3 aliphatic rings. The van der Waals surface area contributed by atoms with Gasteiger partial charge < -0.3 is 0 Å². The summed E-state index contributed by atoms with van der Waals surface area (Å²) >= 11 is -0.579. The summed E-state index contributed by atoms with van der Waals surface area (Å²) in [5.41, 5.74) is 1.45. The van der Waals surface area contributed by atoms with Gasteiger partial charge >= 0.3 is 209 Å². The number of halogens is 5. The summed E-state index contributed by atoms with van der Waals surface area (Å²) in [6.07, 6.45) is -0.935. The number of hydrogen-bond acceptors (Lipinski definition) is 5. The molecule has 0 saturated heterocycles. The molecule has 2 aliphatic carbocycles. The van der Waals surface area contributed by atoms with Gasteiger partial charge in [-0.1, -0.05) is 0 Å². The third kappa shape index (κ3) is 6.69. The second kappa shape index (κ2) is 11.7. The van der Waals surface area contributed by atoms with Crippen LogP contribution in [0.25, 0.3) is 11.1 Å². The summed E-state index contributed by atoms with van der Waals surface area (Å²) in [6, 6.07) is 6.19. The second-order valence-electron chi connectivity index (χ2n) is 10.7. The number of ether oxygens (including phenoxy) is 2. The topological polar surface area (TPSA) is 89.9 Å². The van der Waals surface area contributed by atoms with Gasteiger partial charge in [0.1, 0.15) is 9.84 Å². The zero-order chi connectivity index (χ0) is 30.4. The number of benzene rings is 2. The van der Waals surface area contributed by atoms with Gasteiger partial charge in [0.2, 0.25) is 0 Å². The van der Waals surface area contributed by atoms with Crippen molar-refractivity contribution in [3.05, 3.63) is 84.0 Å². The Morgan fingerprint density at radius 2 is 1.88 bits per heavy atom. The molecule has 2 aromatic rings. The number of fused-ring (bicyclic) bond motifs is 3. The number of rotatable bonds is 10. The molecule has 0 amide bonds. The second-order valence-corrected chi connectivity index (χ2v) is 14.9. The fourth-order valence-corrected chi connectivity index (χ4v) is 8.32. The molecule has 0 unspecified atom stereocenters. The normalized spacial score (nSPS) is 21.6. The van der Waals surface area contributed by atoms with Crippen LogP contribution in [0.4, 0.5) is 17.6 Å². The average Bonchev–Trinajstić information content (AvgIpc) is 3.55. The van der Waals surface area contributed by atoms with Gasteiger partial charge in [-0.15, -0.1) is 0 Å². The van der Waals surface area contributed by atoms with Crippen LogP contribution in [-0.4, -0.2) is 38.1 Å². The van der Waals surface area contributed by atoms with Gasteiger partial charge in [0, 0.05) is 6.26 Å². The molecular weight excluding hydrogens is 691 g/mol. The van der Waals surface area contributed by atoms with Gasteiger partial charge in [-0.2, -0.15) is 0 Å². The maximum absolute atomic E-state index is 15.0. The van der Waals surface area contributed by atoms with Crippen molar-refractivity contribution in [2.24, 2.45) is 17.8 Å². The first-order chi connectivity index (χ1) is 19.7. The third-order valence-electron chi connectivity index (χ3n) is 7.61. The molecule has 1 heterocycles. The van der Waals surface area contributed by atoms with Gasteiger partial charge in [0.15, 0.2) is 0 Å². The van der Waals surface area contributed by atoms with E-state index in [4.69, 9.17) is 9.47 Å². The first kappa shape index (κ1) is 30.6. The van der Waals surface area contributed by atoms with E-state index in [0.717, 1.165) is 17.4 Å². The first-order valence-corrected chi connectivity index (χ1v) is 17.7. The summed E-state index contributed by atoms with van der Waals surface area (Å²) in [6.45, 7) is 1.47. The van der Waals surface area contributed by atoms with Crippen molar-refractivity contribution < 1.29 is 66.6 Å². The Morgan fingerprint density at radius 1 is 1.12 bits per heavy atom. The molecule has 1 aliphatic heterocycles. The van der Waals surface area contributed by atoms with Gasteiger partial charge in [0.25, 0.3) is 0 Å². The number of carboxylic acids is 1. The van der Waals surface area contributed by atoms with Crippen LogP contribution in [0.15, 0.2) is 61.5 Å². The molecule has 6 nitrogen and oxygen atoms in total. The van der Waals surface area contributed by atoms with E-state index < -0.39 is 54.6 Å². The molecule has 1 N–H and O–H groups in total. The third-order valence-corrected chi connectivity index (χ3v) is 10.6. The summed E-state index contributed by atoms with van der Waals surface area (Å²) in [5, 5.41) is 9.38. The molecule has 0 bridgehead atoms. The quantitative estimate of drug-likeness (QED) is 0.231. The number of aliphatic carboxylic acids is 1. The van der Waals surface area contributed by atoms with Crippen molar-refractivity contribution in [3.63, 3.8) is 0 Å². The zero-order valence-electron chi connectivity index (χ0n) is 22.7. The fourth-order valence-electron chi connectivity index (χ4n) is 5.58. The molecule has 2 aromatic carbocycles. The minimum absolute atomic E-state index is 0.0311. The molecule has 2 saturated carbocycles. The van der Waals surface area contributed by atoms with E-state index in [0.29, 0.717) is 29.6 Å². The van der Waals surface area contributed by atoms with Crippen LogP contribution in [0.2, 0.25) is 0 Å². The molecule has 5 rings (SSSR count). The number of allylic oxidation sites excluding steroid dienone is 3. The molecule has 12 heteroatoms. The van der Waals surface area contributed by atoms with Crippen molar-refractivity contribution in [2.45, 2.75) is 32.5 Å². The van der Waals surface area contributed by atoms with Crippen molar-refractivity contribution in [3.8, 4) is 16.9 Å². The van der Waals surface area contributed by atoms with E-state index in [1.165, 1.54) is 18.2 Å². The monoisotopic (exact) mass is 719 g/mol. The van der Waals surface area contributed by atoms with Gasteiger partial charge in [0.05, 0.1) is 12.4 Å². The van der Waals surface area contributed by atoms with Gasteiger partial charge in [-0.05, 0) is 6.42 Å². The van der Waals surface area contributed by atoms with Gasteiger partial charge in [-0.3, -0.25) is 0 Å². The van der Waals surface area contributed by atoms with Crippen molar-refractivity contribution >= 4 is 15.8 Å². The minimum atomic E-state index is -4.80. The molecule has 2 fully saturated rings. The van der Waals surface area contributed by atoms with Crippen LogP contribution >= 0.6 is 0 Å².